The molecule has 0 aliphatic heterocycles. The number of nitro groups is 1. The molecule has 7 nitrogen and oxygen atoms in total. The van der Waals surface area contributed by atoms with Crippen LogP contribution < -0.4 is 5.32 Å². The average Bonchev–Trinajstić information content (AvgIpc) is 2.36. The van der Waals surface area contributed by atoms with Crippen molar-refractivity contribution in [3.05, 3.63) is 33.9 Å². The molecule has 0 aliphatic carbocycles. The molecule has 0 heterocycles. The van der Waals surface area contributed by atoms with Crippen molar-refractivity contribution in [2.24, 2.45) is 0 Å². The van der Waals surface area contributed by atoms with Crippen molar-refractivity contribution >= 4 is 28.1 Å². The molecule has 0 aliphatic rings. The van der Waals surface area contributed by atoms with Crippen molar-refractivity contribution in [3.63, 3.8) is 0 Å². The fourth-order valence-electron chi connectivity index (χ4n) is 1.56. The van der Waals surface area contributed by atoms with Crippen LogP contribution in [-0.4, -0.2) is 52.6 Å². The lowest BCUT2D eigenvalue weighted by molar-refractivity contribution is -0.384. The summed E-state index contributed by atoms with van der Waals surface area (Å²) in [7, 11) is 2.23. The maximum atomic E-state index is 11.8. The number of carbonyl (C=O) groups is 1. The van der Waals surface area contributed by atoms with Gasteiger partial charge in [0.25, 0.3) is 11.6 Å². The summed E-state index contributed by atoms with van der Waals surface area (Å²) in [5.74, 6) is 0.144. The monoisotopic (exact) mass is 299 g/mol. The van der Waals surface area contributed by atoms with Crippen LogP contribution in [0.25, 0.3) is 0 Å². The van der Waals surface area contributed by atoms with Gasteiger partial charge in [0, 0.05) is 55.1 Å². The number of hydrogen-bond donors (Lipinski definition) is 1. The van der Waals surface area contributed by atoms with Gasteiger partial charge in [-0.1, -0.05) is 0 Å². The third-order valence-electron chi connectivity index (χ3n) is 2.55. The number of anilines is 1. The Balaban J connectivity index is 3.02. The summed E-state index contributed by atoms with van der Waals surface area (Å²) in [6.45, 7) is 0.337. The molecular formula is C12H17N3O4S. The molecule has 1 atom stereocenters. The van der Waals surface area contributed by atoms with Gasteiger partial charge in [-0.3, -0.25) is 19.1 Å². The van der Waals surface area contributed by atoms with Crippen LogP contribution in [0.4, 0.5) is 11.4 Å². The highest BCUT2D eigenvalue weighted by molar-refractivity contribution is 7.84. The Kier molecular flexibility index (Phi) is 5.63. The summed E-state index contributed by atoms with van der Waals surface area (Å²) in [4.78, 5) is 23.7. The van der Waals surface area contributed by atoms with E-state index >= 15 is 0 Å². The minimum absolute atomic E-state index is 0.109. The SMILES string of the molecule is CN(C)C(=O)c1ccc([N+](=O)[O-])c(NCCS(C)=O)c1. The van der Waals surface area contributed by atoms with Gasteiger partial charge in [0.2, 0.25) is 0 Å². The molecule has 0 saturated carbocycles. The van der Waals surface area contributed by atoms with Crippen LogP contribution in [0.2, 0.25) is 0 Å². The predicted molar refractivity (Wildman–Crippen MR) is 78.5 cm³/mol. The summed E-state index contributed by atoms with van der Waals surface area (Å²) in [6, 6.07) is 4.16. The molecule has 1 N–H and O–H groups in total. The van der Waals surface area contributed by atoms with Crippen molar-refractivity contribution in [3.8, 4) is 0 Å². The highest BCUT2D eigenvalue weighted by Crippen LogP contribution is 2.25. The second-order valence-corrected chi connectivity index (χ2v) is 5.95. The first kappa shape index (κ1) is 16.1. The van der Waals surface area contributed by atoms with E-state index in [1.54, 1.807) is 20.4 Å². The zero-order valence-corrected chi connectivity index (χ0v) is 12.4. The van der Waals surface area contributed by atoms with Crippen LogP contribution in [0, 0.1) is 10.1 Å². The molecule has 1 unspecified atom stereocenters. The van der Waals surface area contributed by atoms with E-state index in [1.807, 2.05) is 0 Å². The first-order valence-corrected chi connectivity index (χ1v) is 7.59. The van der Waals surface area contributed by atoms with Crippen molar-refractivity contribution < 1.29 is 13.9 Å². The van der Waals surface area contributed by atoms with Crippen molar-refractivity contribution in [2.75, 3.05) is 38.0 Å². The molecule has 0 radical (unpaired) electrons. The van der Waals surface area contributed by atoms with Crippen LogP contribution in [0.1, 0.15) is 10.4 Å². The van der Waals surface area contributed by atoms with E-state index in [2.05, 4.69) is 5.32 Å². The number of benzene rings is 1. The molecule has 0 fully saturated rings. The van der Waals surface area contributed by atoms with Gasteiger partial charge >= 0.3 is 0 Å². The topological polar surface area (TPSA) is 92.6 Å². The smallest absolute Gasteiger partial charge is 0.292 e. The summed E-state index contributed by atoms with van der Waals surface area (Å²) in [5.41, 5.74) is 0.510. The standard InChI is InChI=1S/C12H17N3O4S/c1-14(2)12(16)9-4-5-11(15(17)18)10(8-9)13-6-7-20(3)19/h4-5,8,13H,6-7H2,1-3H3. The van der Waals surface area contributed by atoms with Gasteiger partial charge in [0.05, 0.1) is 4.92 Å². The molecule has 1 amide bonds. The number of nitrogens with one attached hydrogen (secondary N) is 1. The highest BCUT2D eigenvalue weighted by atomic mass is 32.2. The van der Waals surface area contributed by atoms with Gasteiger partial charge in [-0.05, 0) is 12.1 Å². The Labute approximate surface area is 119 Å². The molecule has 1 aromatic carbocycles. The second kappa shape index (κ2) is 6.99. The molecule has 1 rings (SSSR count). The van der Waals surface area contributed by atoms with Crippen LogP contribution in [0.15, 0.2) is 18.2 Å². The van der Waals surface area contributed by atoms with Gasteiger partial charge < -0.3 is 10.2 Å². The van der Waals surface area contributed by atoms with Crippen molar-refractivity contribution in [1.29, 1.82) is 0 Å². The fraction of sp³-hybridized carbons (Fsp3) is 0.417. The van der Waals surface area contributed by atoms with E-state index in [-0.39, 0.29) is 17.3 Å². The summed E-state index contributed by atoms with van der Waals surface area (Å²) in [6.07, 6.45) is 1.56. The highest BCUT2D eigenvalue weighted by Gasteiger charge is 2.17. The number of carbonyl (C=O) groups excluding carboxylic acids is 1. The molecule has 20 heavy (non-hydrogen) atoms. The Morgan fingerprint density at radius 2 is 2.10 bits per heavy atom. The third-order valence-corrected chi connectivity index (χ3v) is 3.33. The lowest BCUT2D eigenvalue weighted by Gasteiger charge is -2.12. The zero-order chi connectivity index (χ0) is 15.3. The van der Waals surface area contributed by atoms with Gasteiger partial charge in [0.1, 0.15) is 5.69 Å². The maximum Gasteiger partial charge on any atom is 0.292 e. The van der Waals surface area contributed by atoms with Gasteiger partial charge in [-0.15, -0.1) is 0 Å². The summed E-state index contributed by atoms with van der Waals surface area (Å²) >= 11 is 0. The molecule has 8 heteroatoms. The van der Waals surface area contributed by atoms with E-state index < -0.39 is 15.7 Å². The van der Waals surface area contributed by atoms with E-state index in [0.717, 1.165) is 0 Å². The van der Waals surface area contributed by atoms with E-state index in [9.17, 15) is 19.1 Å². The lowest BCUT2D eigenvalue weighted by Crippen LogP contribution is -2.22. The van der Waals surface area contributed by atoms with E-state index in [4.69, 9.17) is 0 Å². The molecule has 0 bridgehead atoms. The summed E-state index contributed by atoms with van der Waals surface area (Å²) < 4.78 is 11.0. The van der Waals surface area contributed by atoms with Crippen LogP contribution in [0.3, 0.4) is 0 Å². The molecule has 110 valence electrons. The second-order valence-electron chi connectivity index (χ2n) is 4.39. The molecule has 0 aromatic heterocycles. The minimum Gasteiger partial charge on any atom is -0.379 e. The van der Waals surface area contributed by atoms with Crippen LogP contribution >= 0.6 is 0 Å². The normalized spacial score (nSPS) is 11.8. The Morgan fingerprint density at radius 1 is 1.45 bits per heavy atom. The molecule has 0 saturated heterocycles. The molecular weight excluding hydrogens is 282 g/mol. The van der Waals surface area contributed by atoms with Gasteiger partial charge in [-0.2, -0.15) is 0 Å². The Hall–Kier alpha value is -1.96. The predicted octanol–water partition coefficient (Wildman–Crippen LogP) is 1.09. The number of nitrogens with zero attached hydrogens (tertiary/aromatic N) is 2. The van der Waals surface area contributed by atoms with Crippen molar-refractivity contribution in [2.45, 2.75) is 0 Å². The number of hydrogen-bond acceptors (Lipinski definition) is 5. The number of amides is 1. The first-order valence-electron chi connectivity index (χ1n) is 5.87. The Morgan fingerprint density at radius 3 is 2.60 bits per heavy atom. The Bertz CT molecular complexity index is 546. The zero-order valence-electron chi connectivity index (χ0n) is 11.6. The van der Waals surface area contributed by atoms with Crippen molar-refractivity contribution in [1.82, 2.24) is 4.90 Å². The van der Waals surface area contributed by atoms with E-state index in [0.29, 0.717) is 17.9 Å². The van der Waals surface area contributed by atoms with Crippen LogP contribution in [-0.2, 0) is 10.8 Å². The summed E-state index contributed by atoms with van der Waals surface area (Å²) in [5, 5.41) is 13.8. The lowest BCUT2D eigenvalue weighted by atomic mass is 10.1. The van der Waals surface area contributed by atoms with Crippen LogP contribution in [0.5, 0.6) is 0 Å². The molecule has 1 aromatic rings. The number of rotatable bonds is 6. The maximum absolute atomic E-state index is 11.8. The third kappa shape index (κ3) is 4.30. The van der Waals surface area contributed by atoms with Gasteiger partial charge in [0.15, 0.2) is 0 Å². The quantitative estimate of drug-likeness (QED) is 0.627. The molecule has 0 spiro atoms. The van der Waals surface area contributed by atoms with E-state index in [1.165, 1.54) is 23.1 Å². The number of nitro benzene ring substituents is 1. The first-order chi connectivity index (χ1) is 9.32. The van der Waals surface area contributed by atoms with Gasteiger partial charge in [-0.25, -0.2) is 0 Å². The fourth-order valence-corrected chi connectivity index (χ4v) is 1.95. The minimum atomic E-state index is -0.986. The largest absolute Gasteiger partial charge is 0.379 e. The average molecular weight is 299 g/mol.